The van der Waals surface area contributed by atoms with E-state index in [9.17, 15) is 0 Å². The summed E-state index contributed by atoms with van der Waals surface area (Å²) in [4.78, 5) is 1.41. The molecule has 15 heavy (non-hydrogen) atoms. The van der Waals surface area contributed by atoms with Gasteiger partial charge in [-0.2, -0.15) is 0 Å². The second-order valence-electron chi connectivity index (χ2n) is 4.51. The van der Waals surface area contributed by atoms with Crippen molar-refractivity contribution in [2.24, 2.45) is 0 Å². The summed E-state index contributed by atoms with van der Waals surface area (Å²) in [5, 5.41) is 5.95. The van der Waals surface area contributed by atoms with Gasteiger partial charge in [-0.1, -0.05) is 33.6 Å². The van der Waals surface area contributed by atoms with E-state index in [-0.39, 0.29) is 0 Å². The van der Waals surface area contributed by atoms with Gasteiger partial charge in [0.1, 0.15) is 0 Å². The number of nitrogens with one attached hydrogen (secondary N) is 1. The van der Waals surface area contributed by atoms with Gasteiger partial charge in [0.05, 0.1) is 0 Å². The summed E-state index contributed by atoms with van der Waals surface area (Å²) in [6.07, 6.45) is 3.84. The van der Waals surface area contributed by atoms with Crippen LogP contribution in [0.5, 0.6) is 0 Å². The summed E-state index contributed by atoms with van der Waals surface area (Å²) in [6.45, 7) is 8.88. The Morgan fingerprint density at radius 3 is 2.60 bits per heavy atom. The second-order valence-corrected chi connectivity index (χ2v) is 5.62. The fraction of sp³-hybridized carbons (Fsp3) is 0.692. The standard InChI is InChI=1S/C13H23NS/c1-5-6-7-13(14-10(2)3)12-8-11(4)15-9-12/h8-10,13-14H,5-7H2,1-4H3. The number of hydrogen-bond acceptors (Lipinski definition) is 2. The van der Waals surface area contributed by atoms with E-state index in [4.69, 9.17) is 0 Å². The molecule has 0 radical (unpaired) electrons. The molecule has 0 bridgehead atoms. The number of thiophene rings is 1. The van der Waals surface area contributed by atoms with Crippen LogP contribution in [0, 0.1) is 6.92 Å². The van der Waals surface area contributed by atoms with Crippen LogP contribution >= 0.6 is 11.3 Å². The van der Waals surface area contributed by atoms with Crippen LogP contribution in [-0.2, 0) is 0 Å². The summed E-state index contributed by atoms with van der Waals surface area (Å²) in [7, 11) is 0. The van der Waals surface area contributed by atoms with Crippen molar-refractivity contribution in [3.8, 4) is 0 Å². The van der Waals surface area contributed by atoms with Gasteiger partial charge in [-0.15, -0.1) is 11.3 Å². The van der Waals surface area contributed by atoms with E-state index in [1.54, 1.807) is 0 Å². The van der Waals surface area contributed by atoms with E-state index in [2.05, 4.69) is 44.5 Å². The average Bonchev–Trinajstić information content (AvgIpc) is 2.58. The Kier molecular flexibility index (Phi) is 5.34. The normalized spacial score (nSPS) is 13.4. The largest absolute Gasteiger partial charge is 0.308 e. The first kappa shape index (κ1) is 12.7. The van der Waals surface area contributed by atoms with E-state index in [1.165, 1.54) is 29.7 Å². The van der Waals surface area contributed by atoms with Crippen molar-refractivity contribution in [1.82, 2.24) is 5.32 Å². The molecule has 2 heteroatoms. The maximum Gasteiger partial charge on any atom is 0.0330 e. The third kappa shape index (κ3) is 4.35. The number of hydrogen-bond donors (Lipinski definition) is 1. The number of unbranched alkanes of at least 4 members (excludes halogenated alkanes) is 1. The van der Waals surface area contributed by atoms with Crippen LogP contribution in [0.25, 0.3) is 0 Å². The third-order valence-electron chi connectivity index (χ3n) is 2.53. The molecule has 1 nitrogen and oxygen atoms in total. The number of aryl methyl sites for hydroxylation is 1. The number of rotatable bonds is 6. The molecule has 0 saturated carbocycles. The molecule has 0 spiro atoms. The zero-order valence-corrected chi connectivity index (χ0v) is 11.2. The molecule has 1 unspecified atom stereocenters. The van der Waals surface area contributed by atoms with E-state index < -0.39 is 0 Å². The van der Waals surface area contributed by atoms with Gasteiger partial charge in [-0.05, 0) is 30.4 Å². The molecule has 0 saturated heterocycles. The van der Waals surface area contributed by atoms with Crippen LogP contribution in [0.4, 0.5) is 0 Å². The van der Waals surface area contributed by atoms with Gasteiger partial charge in [-0.3, -0.25) is 0 Å². The van der Waals surface area contributed by atoms with Gasteiger partial charge in [0.15, 0.2) is 0 Å². The zero-order chi connectivity index (χ0) is 11.3. The lowest BCUT2D eigenvalue weighted by atomic mass is 10.0. The highest BCUT2D eigenvalue weighted by Gasteiger charge is 2.12. The molecule has 1 aromatic heterocycles. The van der Waals surface area contributed by atoms with Crippen molar-refractivity contribution in [1.29, 1.82) is 0 Å². The van der Waals surface area contributed by atoms with Gasteiger partial charge < -0.3 is 5.32 Å². The predicted octanol–water partition coefficient (Wildman–Crippen LogP) is 4.29. The van der Waals surface area contributed by atoms with Crippen molar-refractivity contribution in [3.05, 3.63) is 21.9 Å². The summed E-state index contributed by atoms with van der Waals surface area (Å²) >= 11 is 1.85. The summed E-state index contributed by atoms with van der Waals surface area (Å²) in [5.74, 6) is 0. The molecule has 1 atom stereocenters. The first-order valence-electron chi connectivity index (χ1n) is 5.94. The maximum absolute atomic E-state index is 3.65. The monoisotopic (exact) mass is 225 g/mol. The van der Waals surface area contributed by atoms with Crippen LogP contribution in [0.2, 0.25) is 0 Å². The van der Waals surface area contributed by atoms with Gasteiger partial charge >= 0.3 is 0 Å². The molecule has 86 valence electrons. The maximum atomic E-state index is 3.65. The fourth-order valence-electron chi connectivity index (χ4n) is 1.80. The van der Waals surface area contributed by atoms with Crippen molar-refractivity contribution in [2.75, 3.05) is 0 Å². The Morgan fingerprint density at radius 2 is 2.13 bits per heavy atom. The van der Waals surface area contributed by atoms with Crippen LogP contribution < -0.4 is 5.32 Å². The molecule has 1 heterocycles. The molecular weight excluding hydrogens is 202 g/mol. The zero-order valence-electron chi connectivity index (χ0n) is 10.3. The Hall–Kier alpha value is -0.340. The molecule has 1 N–H and O–H groups in total. The highest BCUT2D eigenvalue weighted by Crippen LogP contribution is 2.24. The topological polar surface area (TPSA) is 12.0 Å². The van der Waals surface area contributed by atoms with E-state index >= 15 is 0 Å². The molecule has 0 aliphatic carbocycles. The molecule has 0 amide bonds. The minimum absolute atomic E-state index is 0.551. The van der Waals surface area contributed by atoms with Gasteiger partial charge in [-0.25, -0.2) is 0 Å². The van der Waals surface area contributed by atoms with Crippen LogP contribution in [0.15, 0.2) is 11.4 Å². The fourth-order valence-corrected chi connectivity index (χ4v) is 2.56. The van der Waals surface area contributed by atoms with Crippen molar-refractivity contribution < 1.29 is 0 Å². The van der Waals surface area contributed by atoms with Crippen molar-refractivity contribution in [2.45, 2.75) is 59.0 Å². The lowest BCUT2D eigenvalue weighted by Crippen LogP contribution is -2.27. The minimum atomic E-state index is 0.551. The van der Waals surface area contributed by atoms with Crippen LogP contribution in [0.3, 0.4) is 0 Å². The lowest BCUT2D eigenvalue weighted by molar-refractivity contribution is 0.441. The quantitative estimate of drug-likeness (QED) is 0.761. The summed E-state index contributed by atoms with van der Waals surface area (Å²) in [5.41, 5.74) is 1.47. The highest BCUT2D eigenvalue weighted by molar-refractivity contribution is 7.10. The highest BCUT2D eigenvalue weighted by atomic mass is 32.1. The predicted molar refractivity (Wildman–Crippen MR) is 69.6 cm³/mol. The summed E-state index contributed by atoms with van der Waals surface area (Å²) in [6, 6.07) is 3.43. The Balaban J connectivity index is 2.62. The lowest BCUT2D eigenvalue weighted by Gasteiger charge is -2.20. The first-order chi connectivity index (χ1) is 7.13. The van der Waals surface area contributed by atoms with Gasteiger partial charge in [0.2, 0.25) is 0 Å². The third-order valence-corrected chi connectivity index (χ3v) is 3.41. The van der Waals surface area contributed by atoms with E-state index in [0.29, 0.717) is 12.1 Å². The summed E-state index contributed by atoms with van der Waals surface area (Å²) < 4.78 is 0. The van der Waals surface area contributed by atoms with E-state index in [1.807, 2.05) is 11.3 Å². The van der Waals surface area contributed by atoms with Gasteiger partial charge in [0.25, 0.3) is 0 Å². The Morgan fingerprint density at radius 1 is 1.40 bits per heavy atom. The van der Waals surface area contributed by atoms with Crippen molar-refractivity contribution in [3.63, 3.8) is 0 Å². The van der Waals surface area contributed by atoms with Crippen LogP contribution in [-0.4, -0.2) is 6.04 Å². The van der Waals surface area contributed by atoms with E-state index in [0.717, 1.165) is 0 Å². The molecular formula is C13H23NS. The molecule has 0 fully saturated rings. The SMILES string of the molecule is CCCCC(NC(C)C)c1csc(C)c1. The van der Waals surface area contributed by atoms with Crippen LogP contribution in [0.1, 0.15) is 56.5 Å². The molecule has 1 aromatic rings. The molecule has 0 aliphatic heterocycles. The average molecular weight is 225 g/mol. The molecule has 0 aromatic carbocycles. The van der Waals surface area contributed by atoms with Crippen molar-refractivity contribution >= 4 is 11.3 Å². The minimum Gasteiger partial charge on any atom is -0.308 e. The smallest absolute Gasteiger partial charge is 0.0330 e. The molecule has 1 rings (SSSR count). The second kappa shape index (κ2) is 6.29. The first-order valence-corrected chi connectivity index (χ1v) is 6.82. The Labute approximate surface area is 97.9 Å². The van der Waals surface area contributed by atoms with Gasteiger partial charge in [0, 0.05) is 17.0 Å². The Bertz CT molecular complexity index is 278. The molecule has 0 aliphatic rings.